The van der Waals surface area contributed by atoms with Crippen LogP contribution in [0.3, 0.4) is 0 Å². The van der Waals surface area contributed by atoms with Crippen molar-refractivity contribution in [3.05, 3.63) is 119 Å². The molecule has 3 aromatic carbocycles. The third-order valence-corrected chi connectivity index (χ3v) is 8.84. The van der Waals surface area contributed by atoms with Crippen LogP contribution in [-0.4, -0.2) is 47.5 Å². The topological polar surface area (TPSA) is 101 Å². The van der Waals surface area contributed by atoms with Crippen LogP contribution in [0.25, 0.3) is 39.1 Å². The Hall–Kier alpha value is -5.21. The molecular formula is C35H27N5O3. The maximum absolute atomic E-state index is 13.5. The molecule has 0 radical (unpaired) electrons. The first-order valence-electron chi connectivity index (χ1n) is 14.3. The van der Waals surface area contributed by atoms with Crippen LogP contribution in [0.15, 0.2) is 91.0 Å². The number of aliphatic hydroxyl groups excluding tert-OH is 1. The first-order chi connectivity index (χ1) is 20.8. The van der Waals surface area contributed by atoms with Gasteiger partial charge in [-0.25, -0.2) is 9.97 Å². The summed E-state index contributed by atoms with van der Waals surface area (Å²) in [5.41, 5.74) is 7.57. The molecule has 3 aromatic heterocycles. The van der Waals surface area contributed by atoms with Gasteiger partial charge in [0.05, 0.1) is 39.9 Å². The van der Waals surface area contributed by atoms with Gasteiger partial charge >= 0.3 is 0 Å². The Kier molecular flexibility index (Phi) is 5.42. The van der Waals surface area contributed by atoms with Gasteiger partial charge in [0, 0.05) is 35.4 Å². The number of carbonyl (C=O) groups excluding carboxylic acids is 2. The van der Waals surface area contributed by atoms with E-state index in [9.17, 15) is 14.7 Å². The highest BCUT2D eigenvalue weighted by atomic mass is 16.3. The van der Waals surface area contributed by atoms with Crippen LogP contribution in [0.5, 0.6) is 0 Å². The largest absolute Gasteiger partial charge is 0.393 e. The lowest BCUT2D eigenvalue weighted by Gasteiger charge is -2.50. The molecule has 0 spiro atoms. The molecule has 1 fully saturated rings. The van der Waals surface area contributed by atoms with Crippen molar-refractivity contribution in [2.24, 2.45) is 0 Å². The molecule has 43 heavy (non-hydrogen) atoms. The summed E-state index contributed by atoms with van der Waals surface area (Å²) in [7, 11) is 0. The van der Waals surface area contributed by atoms with E-state index in [-0.39, 0.29) is 11.8 Å². The third kappa shape index (κ3) is 3.69. The zero-order valence-electron chi connectivity index (χ0n) is 23.7. The molecule has 1 N–H and O–H groups in total. The highest BCUT2D eigenvalue weighted by Crippen LogP contribution is 2.50. The first-order valence-corrected chi connectivity index (χ1v) is 14.3. The lowest BCUT2D eigenvalue weighted by molar-refractivity contribution is -0.0507. The maximum Gasteiger partial charge on any atom is 0.262 e. The summed E-state index contributed by atoms with van der Waals surface area (Å²) in [5, 5.41) is 16.0. The van der Waals surface area contributed by atoms with Gasteiger partial charge in [-0.15, -0.1) is 0 Å². The second-order valence-corrected chi connectivity index (χ2v) is 11.5. The number of hydrogen-bond acceptors (Lipinski definition) is 6. The van der Waals surface area contributed by atoms with E-state index in [2.05, 4.69) is 23.3 Å². The molecule has 2 amide bonds. The molecule has 4 heterocycles. The predicted octanol–water partition coefficient (Wildman–Crippen LogP) is 5.87. The van der Waals surface area contributed by atoms with Crippen molar-refractivity contribution >= 4 is 28.5 Å². The van der Waals surface area contributed by atoms with Crippen LogP contribution in [0.1, 0.15) is 50.5 Å². The number of pyridine rings is 1. The summed E-state index contributed by atoms with van der Waals surface area (Å²) in [6.07, 6.45) is 0.00152. The standard InChI is InChI=1S/C35H27N5O3/c1-20-16-30-36-21(2)28-17-29(22-8-4-3-5-9-22)31(37-32(28)40(30)38-20)23-12-14-24(15-13-23)35(18-25(41)19-35)39-33(42)26-10-6-7-11-27(26)34(39)43/h3-17,25,41H,18-19H2,1-2H3/t25-,35-. The monoisotopic (exact) mass is 565 g/mol. The van der Waals surface area contributed by atoms with Gasteiger partial charge in [-0.05, 0) is 43.2 Å². The molecule has 0 bridgehead atoms. The summed E-state index contributed by atoms with van der Waals surface area (Å²) in [6, 6.07) is 29.0. The van der Waals surface area contributed by atoms with Crippen molar-refractivity contribution in [2.45, 2.75) is 38.3 Å². The number of aryl methyl sites for hydroxylation is 2. The Morgan fingerprint density at radius 3 is 2.07 bits per heavy atom. The third-order valence-electron chi connectivity index (χ3n) is 8.84. The summed E-state index contributed by atoms with van der Waals surface area (Å²) in [5.74, 6) is -0.636. The molecule has 0 saturated heterocycles. The number of hydrogen-bond donors (Lipinski definition) is 1. The average Bonchev–Trinajstić information content (AvgIpc) is 3.51. The van der Waals surface area contributed by atoms with Crippen LogP contribution in [0.2, 0.25) is 0 Å². The molecule has 210 valence electrons. The molecule has 2 aliphatic rings. The quantitative estimate of drug-likeness (QED) is 0.268. The van der Waals surface area contributed by atoms with Gasteiger partial charge in [0.25, 0.3) is 11.8 Å². The van der Waals surface area contributed by atoms with Crippen LogP contribution in [-0.2, 0) is 5.54 Å². The van der Waals surface area contributed by atoms with Gasteiger partial charge in [-0.3, -0.25) is 14.5 Å². The number of aromatic nitrogens is 4. The van der Waals surface area contributed by atoms with E-state index < -0.39 is 11.6 Å². The van der Waals surface area contributed by atoms with Crippen molar-refractivity contribution < 1.29 is 14.7 Å². The zero-order valence-corrected chi connectivity index (χ0v) is 23.7. The second-order valence-electron chi connectivity index (χ2n) is 11.5. The molecule has 6 aromatic rings. The summed E-state index contributed by atoms with van der Waals surface area (Å²) in [4.78, 5) is 38.3. The number of aliphatic hydroxyl groups is 1. The molecule has 0 unspecified atom stereocenters. The molecule has 1 aliphatic heterocycles. The van der Waals surface area contributed by atoms with Gasteiger partial charge in [0.2, 0.25) is 0 Å². The number of amides is 2. The highest BCUT2D eigenvalue weighted by Gasteiger charge is 2.56. The van der Waals surface area contributed by atoms with E-state index in [1.807, 2.05) is 62.4 Å². The Morgan fingerprint density at radius 2 is 1.42 bits per heavy atom. The number of carbonyl (C=O) groups is 2. The van der Waals surface area contributed by atoms with Crippen LogP contribution >= 0.6 is 0 Å². The number of nitrogens with zero attached hydrogens (tertiary/aromatic N) is 5. The van der Waals surface area contributed by atoms with Crippen molar-refractivity contribution in [1.29, 1.82) is 0 Å². The average molecular weight is 566 g/mol. The van der Waals surface area contributed by atoms with E-state index in [1.54, 1.807) is 28.8 Å². The van der Waals surface area contributed by atoms with E-state index in [0.29, 0.717) is 24.0 Å². The fourth-order valence-electron chi connectivity index (χ4n) is 6.73. The lowest BCUT2D eigenvalue weighted by atomic mass is 9.68. The van der Waals surface area contributed by atoms with Crippen LogP contribution < -0.4 is 0 Å². The van der Waals surface area contributed by atoms with E-state index in [0.717, 1.165) is 56.0 Å². The maximum atomic E-state index is 13.5. The second kappa shape index (κ2) is 9.14. The van der Waals surface area contributed by atoms with Gasteiger partial charge in [0.1, 0.15) is 0 Å². The summed E-state index contributed by atoms with van der Waals surface area (Å²) in [6.45, 7) is 3.93. The van der Waals surface area contributed by atoms with E-state index in [4.69, 9.17) is 9.97 Å². The van der Waals surface area contributed by atoms with Gasteiger partial charge in [-0.2, -0.15) is 9.61 Å². The SMILES string of the molecule is Cc1cc2nc(C)c3cc(-c4ccccc4)c(-c4ccc([C@]5(N6C(=O)c7ccccc7C6=O)C[C@H](O)C5)cc4)nc3n2n1. The van der Waals surface area contributed by atoms with Crippen molar-refractivity contribution in [3.63, 3.8) is 0 Å². The minimum absolute atomic E-state index is 0.296. The number of imide groups is 1. The normalized spacial score (nSPS) is 19.7. The Morgan fingerprint density at radius 1 is 0.767 bits per heavy atom. The minimum Gasteiger partial charge on any atom is -0.393 e. The molecule has 1 saturated carbocycles. The lowest BCUT2D eigenvalue weighted by Crippen LogP contribution is -2.59. The van der Waals surface area contributed by atoms with Gasteiger partial charge in [-0.1, -0.05) is 66.7 Å². The molecule has 8 nitrogen and oxygen atoms in total. The van der Waals surface area contributed by atoms with E-state index in [1.165, 1.54) is 4.90 Å². The predicted molar refractivity (Wildman–Crippen MR) is 162 cm³/mol. The van der Waals surface area contributed by atoms with Crippen molar-refractivity contribution in [2.75, 3.05) is 0 Å². The fraction of sp³-hybridized carbons (Fsp3) is 0.171. The molecule has 8 rings (SSSR count). The molecule has 1 aliphatic carbocycles. The summed E-state index contributed by atoms with van der Waals surface area (Å²) < 4.78 is 1.79. The molecule has 0 atom stereocenters. The van der Waals surface area contributed by atoms with Crippen LogP contribution in [0, 0.1) is 13.8 Å². The Bertz CT molecular complexity index is 2080. The minimum atomic E-state index is -0.911. The smallest absolute Gasteiger partial charge is 0.262 e. The Labute approximate surface area is 247 Å². The van der Waals surface area contributed by atoms with Crippen molar-refractivity contribution in [1.82, 2.24) is 24.5 Å². The first kappa shape index (κ1) is 25.5. The number of fused-ring (bicyclic) bond motifs is 4. The van der Waals surface area contributed by atoms with Crippen molar-refractivity contribution in [3.8, 4) is 22.4 Å². The summed E-state index contributed by atoms with van der Waals surface area (Å²) >= 11 is 0. The highest BCUT2D eigenvalue weighted by molar-refractivity contribution is 6.22. The van der Waals surface area contributed by atoms with Gasteiger partial charge < -0.3 is 5.11 Å². The molecular weight excluding hydrogens is 538 g/mol. The van der Waals surface area contributed by atoms with E-state index >= 15 is 0 Å². The van der Waals surface area contributed by atoms with Gasteiger partial charge in [0.15, 0.2) is 11.3 Å². The fourth-order valence-corrected chi connectivity index (χ4v) is 6.73. The number of rotatable bonds is 4. The zero-order chi connectivity index (χ0) is 29.5. The molecule has 8 heteroatoms. The Balaban J connectivity index is 1.28. The van der Waals surface area contributed by atoms with Crippen LogP contribution in [0.4, 0.5) is 0 Å². The number of benzene rings is 3.